The Morgan fingerprint density at radius 2 is 2.00 bits per heavy atom. The maximum absolute atomic E-state index is 10.4. The second-order valence-electron chi connectivity index (χ2n) is 2.48. The first kappa shape index (κ1) is 7.13. The van der Waals surface area contributed by atoms with Crippen LogP contribution in [-0.4, -0.2) is 22.0 Å². The monoisotopic (exact) mass is 130 g/mol. The molecule has 1 nitrogen and oxygen atoms in total. The molecule has 1 aromatic carbocycles. The third kappa shape index (κ3) is 1.29. The van der Waals surface area contributed by atoms with Gasteiger partial charge in [0.1, 0.15) is 22.0 Å². The van der Waals surface area contributed by atoms with Crippen LogP contribution in [0.1, 0.15) is 10.4 Å². The van der Waals surface area contributed by atoms with Crippen LogP contribution in [0.15, 0.2) is 18.2 Å². The van der Waals surface area contributed by atoms with Gasteiger partial charge in [-0.15, -0.1) is 0 Å². The predicted molar refractivity (Wildman–Crippen MR) is 48.2 cm³/mol. The van der Waals surface area contributed by atoms with Gasteiger partial charge in [-0.05, 0) is 0 Å². The summed E-state index contributed by atoms with van der Waals surface area (Å²) in [6.45, 7) is 0. The Bertz CT molecular complexity index is 258. The van der Waals surface area contributed by atoms with Gasteiger partial charge in [0.15, 0.2) is 0 Å². The molecule has 1 aromatic rings. The zero-order valence-electron chi connectivity index (χ0n) is 6.22. The Hall–Kier alpha value is -0.980. The van der Waals surface area contributed by atoms with E-state index in [2.05, 4.69) is 0 Å². The molecule has 0 N–H and O–H groups in total. The van der Waals surface area contributed by atoms with E-state index in [1.54, 1.807) is 0 Å². The third-order valence-electron chi connectivity index (χ3n) is 1.56. The first-order valence-corrected chi connectivity index (χ1v) is 3.26. The minimum Gasteiger partial charge on any atom is -0.298 e. The molecule has 0 bridgehead atoms. The van der Waals surface area contributed by atoms with Crippen LogP contribution in [0.4, 0.5) is 0 Å². The summed E-state index contributed by atoms with van der Waals surface area (Å²) in [6.07, 6.45) is 0.891. The van der Waals surface area contributed by atoms with Crippen molar-refractivity contribution in [2.75, 3.05) is 0 Å². The SMILES string of the molecule is Bc1ccc(B)c(C=O)c1. The van der Waals surface area contributed by atoms with Crippen molar-refractivity contribution in [3.63, 3.8) is 0 Å². The largest absolute Gasteiger partial charge is 0.298 e. The normalized spacial score (nSPS) is 9.20. The highest BCUT2D eigenvalue weighted by molar-refractivity contribution is 6.38. The van der Waals surface area contributed by atoms with Gasteiger partial charge in [0.2, 0.25) is 0 Å². The number of aldehydes is 1. The van der Waals surface area contributed by atoms with Crippen molar-refractivity contribution in [2.24, 2.45) is 0 Å². The van der Waals surface area contributed by atoms with Crippen molar-refractivity contribution >= 4 is 32.9 Å². The number of carbonyl (C=O) groups excluding carboxylic acids is 1. The second-order valence-corrected chi connectivity index (χ2v) is 2.48. The second kappa shape index (κ2) is 2.74. The molecule has 0 fully saturated rings. The Kier molecular flexibility index (Phi) is 1.95. The van der Waals surface area contributed by atoms with Crippen LogP contribution in [0.2, 0.25) is 0 Å². The minimum absolute atomic E-state index is 0.792. The fourth-order valence-electron chi connectivity index (χ4n) is 0.887. The van der Waals surface area contributed by atoms with Crippen LogP contribution in [-0.2, 0) is 0 Å². The van der Waals surface area contributed by atoms with Crippen LogP contribution < -0.4 is 10.9 Å². The first-order valence-electron chi connectivity index (χ1n) is 3.26. The smallest absolute Gasteiger partial charge is 0.149 e. The van der Waals surface area contributed by atoms with E-state index in [4.69, 9.17) is 0 Å². The van der Waals surface area contributed by atoms with Crippen molar-refractivity contribution < 1.29 is 4.79 Å². The molecule has 0 aliphatic carbocycles. The molecule has 0 saturated heterocycles. The lowest BCUT2D eigenvalue weighted by atomic mass is 9.85. The topological polar surface area (TPSA) is 17.1 Å². The van der Waals surface area contributed by atoms with Gasteiger partial charge >= 0.3 is 0 Å². The van der Waals surface area contributed by atoms with E-state index in [1.807, 2.05) is 33.9 Å². The first-order chi connectivity index (χ1) is 4.74. The quantitative estimate of drug-likeness (QED) is 0.317. The summed E-state index contributed by atoms with van der Waals surface area (Å²) in [6, 6.07) is 5.85. The summed E-state index contributed by atoms with van der Waals surface area (Å²) in [5.74, 6) is 0. The predicted octanol–water partition coefficient (Wildman–Crippen LogP) is -1.98. The lowest BCUT2D eigenvalue weighted by Gasteiger charge is -1.97. The molecule has 0 radical (unpaired) electrons. The Labute approximate surface area is 62.3 Å². The highest BCUT2D eigenvalue weighted by Crippen LogP contribution is 1.85. The average molecular weight is 130 g/mol. The number of rotatable bonds is 1. The lowest BCUT2D eigenvalue weighted by Crippen LogP contribution is -2.15. The summed E-state index contributed by atoms with van der Waals surface area (Å²) in [5.41, 5.74) is 2.97. The van der Waals surface area contributed by atoms with Crippen molar-refractivity contribution in [3.8, 4) is 0 Å². The van der Waals surface area contributed by atoms with Gasteiger partial charge in [0.05, 0.1) is 0 Å². The van der Waals surface area contributed by atoms with Crippen LogP contribution in [0.3, 0.4) is 0 Å². The molecule has 0 saturated carbocycles. The standard InChI is InChI=1S/C7H8B2O/c8-6-1-2-7(9)5(3-6)4-10/h1-4H,8-9H2. The van der Waals surface area contributed by atoms with Crippen LogP contribution in [0, 0.1) is 0 Å². The van der Waals surface area contributed by atoms with E-state index in [9.17, 15) is 4.79 Å². The molecule has 0 spiro atoms. The van der Waals surface area contributed by atoms with Gasteiger partial charge < -0.3 is 0 Å². The molecule has 0 unspecified atom stereocenters. The van der Waals surface area contributed by atoms with Crippen LogP contribution in [0.5, 0.6) is 0 Å². The van der Waals surface area contributed by atoms with E-state index in [0.717, 1.165) is 22.8 Å². The number of hydrogen-bond acceptors (Lipinski definition) is 1. The van der Waals surface area contributed by atoms with Crippen LogP contribution >= 0.6 is 0 Å². The highest BCUT2D eigenvalue weighted by atomic mass is 16.1. The minimum atomic E-state index is 0.792. The number of benzene rings is 1. The molecular formula is C7H8B2O. The molecule has 0 aliphatic rings. The lowest BCUT2D eigenvalue weighted by molar-refractivity contribution is 0.112. The summed E-state index contributed by atoms with van der Waals surface area (Å²) in [5, 5.41) is 0. The van der Waals surface area contributed by atoms with Gasteiger partial charge in [-0.2, -0.15) is 0 Å². The van der Waals surface area contributed by atoms with Gasteiger partial charge in [0.25, 0.3) is 0 Å². The van der Waals surface area contributed by atoms with Crippen molar-refractivity contribution in [1.29, 1.82) is 0 Å². The van der Waals surface area contributed by atoms with E-state index < -0.39 is 0 Å². The molecular weight excluding hydrogens is 122 g/mol. The molecule has 1 rings (SSSR count). The van der Waals surface area contributed by atoms with Gasteiger partial charge in [0, 0.05) is 5.56 Å². The average Bonchev–Trinajstić information content (AvgIpc) is 1.94. The molecule has 0 aliphatic heterocycles. The van der Waals surface area contributed by atoms with E-state index in [0.29, 0.717) is 0 Å². The van der Waals surface area contributed by atoms with Crippen molar-refractivity contribution in [1.82, 2.24) is 0 Å². The Morgan fingerprint density at radius 1 is 1.30 bits per heavy atom. The summed E-state index contributed by atoms with van der Waals surface area (Å²) in [4.78, 5) is 10.4. The Balaban J connectivity index is 3.21. The molecule has 0 aromatic heterocycles. The van der Waals surface area contributed by atoms with Gasteiger partial charge in [-0.25, -0.2) is 0 Å². The van der Waals surface area contributed by atoms with E-state index in [1.165, 1.54) is 0 Å². The zero-order chi connectivity index (χ0) is 7.56. The van der Waals surface area contributed by atoms with E-state index in [-0.39, 0.29) is 0 Å². The summed E-state index contributed by atoms with van der Waals surface area (Å²) >= 11 is 0. The molecule has 0 heterocycles. The molecule has 48 valence electrons. The maximum atomic E-state index is 10.4. The van der Waals surface area contributed by atoms with Gasteiger partial charge in [-0.3, -0.25) is 4.79 Å². The van der Waals surface area contributed by atoms with Crippen molar-refractivity contribution in [3.05, 3.63) is 23.8 Å². The van der Waals surface area contributed by atoms with Gasteiger partial charge in [-0.1, -0.05) is 29.1 Å². The number of carbonyl (C=O) groups is 1. The third-order valence-corrected chi connectivity index (χ3v) is 1.56. The molecule has 0 amide bonds. The Morgan fingerprint density at radius 3 is 2.50 bits per heavy atom. The van der Waals surface area contributed by atoms with E-state index >= 15 is 0 Å². The fraction of sp³-hybridized carbons (Fsp3) is 0. The number of hydrogen-bond donors (Lipinski definition) is 0. The summed E-state index contributed by atoms with van der Waals surface area (Å²) < 4.78 is 0. The van der Waals surface area contributed by atoms with Crippen LogP contribution in [0.25, 0.3) is 0 Å². The molecule has 0 atom stereocenters. The molecule has 10 heavy (non-hydrogen) atoms. The maximum Gasteiger partial charge on any atom is 0.149 e. The summed E-state index contributed by atoms with van der Waals surface area (Å²) in [7, 11) is 3.91. The van der Waals surface area contributed by atoms with Crippen molar-refractivity contribution in [2.45, 2.75) is 0 Å². The zero-order valence-corrected chi connectivity index (χ0v) is 6.22. The molecule has 3 heteroatoms. The highest BCUT2D eigenvalue weighted by Gasteiger charge is 1.93. The fourth-order valence-corrected chi connectivity index (χ4v) is 0.887.